The Balaban J connectivity index is 2.77. The average molecular weight is 179 g/mol. The number of phenolic OH excluding ortho intramolecular Hbond substituents is 2. The Morgan fingerprint density at radius 1 is 1.38 bits per heavy atom. The molecule has 0 amide bonds. The van der Waals surface area contributed by atoms with Crippen molar-refractivity contribution < 1.29 is 10.2 Å². The molecule has 0 aliphatic rings. The van der Waals surface area contributed by atoms with Gasteiger partial charge in [0.05, 0.1) is 0 Å². The van der Waals surface area contributed by atoms with Gasteiger partial charge in [0, 0.05) is 18.2 Å². The van der Waals surface area contributed by atoms with Crippen molar-refractivity contribution in [1.82, 2.24) is 5.32 Å². The predicted octanol–water partition coefficient (Wildman–Crippen LogP) is 1.33. The molecule has 0 aromatic heterocycles. The highest BCUT2D eigenvalue weighted by Gasteiger charge is 1.97. The van der Waals surface area contributed by atoms with E-state index in [0.717, 1.165) is 6.54 Å². The zero-order valence-corrected chi connectivity index (χ0v) is 7.49. The molecular weight excluding hydrogens is 166 g/mol. The van der Waals surface area contributed by atoms with Crippen molar-refractivity contribution in [3.63, 3.8) is 0 Å². The highest BCUT2D eigenvalue weighted by atomic mass is 16.3. The van der Waals surface area contributed by atoms with Crippen molar-refractivity contribution in [2.45, 2.75) is 0 Å². The van der Waals surface area contributed by atoms with Crippen LogP contribution in [0.15, 0.2) is 24.3 Å². The lowest BCUT2D eigenvalue weighted by molar-refractivity contribution is 0.450. The van der Waals surface area contributed by atoms with Crippen molar-refractivity contribution in [1.29, 1.82) is 0 Å². The number of likely N-dealkylation sites (N-methyl/N-ethyl adjacent to an activating group) is 1. The lowest BCUT2D eigenvalue weighted by Crippen LogP contribution is -2.03. The van der Waals surface area contributed by atoms with Gasteiger partial charge in [-0.1, -0.05) is 12.2 Å². The Kier molecular flexibility index (Phi) is 3.34. The molecule has 0 spiro atoms. The first kappa shape index (κ1) is 9.61. The zero-order chi connectivity index (χ0) is 9.68. The number of hydrogen-bond donors (Lipinski definition) is 3. The maximum Gasteiger partial charge on any atom is 0.126 e. The summed E-state index contributed by atoms with van der Waals surface area (Å²) in [6, 6.07) is 4.52. The first-order chi connectivity index (χ1) is 6.24. The third-order valence-electron chi connectivity index (χ3n) is 1.63. The van der Waals surface area contributed by atoms with Gasteiger partial charge in [0.25, 0.3) is 0 Å². The molecule has 13 heavy (non-hydrogen) atoms. The zero-order valence-electron chi connectivity index (χ0n) is 7.49. The number of aromatic hydroxyl groups is 2. The lowest BCUT2D eigenvalue weighted by atomic mass is 10.2. The first-order valence-corrected chi connectivity index (χ1v) is 4.07. The van der Waals surface area contributed by atoms with Gasteiger partial charge in [-0.2, -0.15) is 0 Å². The Bertz CT molecular complexity index is 308. The number of nitrogens with one attached hydrogen (secondary N) is 1. The molecular formula is C10H13NO2. The number of benzene rings is 1. The SMILES string of the molecule is CNCC=Cc1ccc(O)cc1O. The van der Waals surface area contributed by atoms with Crippen LogP contribution in [0.5, 0.6) is 11.5 Å². The van der Waals surface area contributed by atoms with E-state index in [2.05, 4.69) is 5.32 Å². The van der Waals surface area contributed by atoms with Crippen LogP contribution in [0, 0.1) is 0 Å². The third-order valence-corrected chi connectivity index (χ3v) is 1.63. The predicted molar refractivity (Wildman–Crippen MR) is 52.7 cm³/mol. The highest BCUT2D eigenvalue weighted by molar-refractivity contribution is 5.58. The maximum absolute atomic E-state index is 9.36. The average Bonchev–Trinajstić information content (AvgIpc) is 2.09. The topological polar surface area (TPSA) is 52.5 Å². The van der Waals surface area contributed by atoms with Crippen molar-refractivity contribution in [2.75, 3.05) is 13.6 Å². The van der Waals surface area contributed by atoms with Crippen molar-refractivity contribution in [3.8, 4) is 11.5 Å². The summed E-state index contributed by atoms with van der Waals surface area (Å²) < 4.78 is 0. The van der Waals surface area contributed by atoms with E-state index in [0.29, 0.717) is 5.56 Å². The summed E-state index contributed by atoms with van der Waals surface area (Å²) in [7, 11) is 1.85. The van der Waals surface area contributed by atoms with E-state index in [-0.39, 0.29) is 11.5 Å². The summed E-state index contributed by atoms with van der Waals surface area (Å²) in [5.41, 5.74) is 0.702. The van der Waals surface area contributed by atoms with Crippen LogP contribution < -0.4 is 5.32 Å². The first-order valence-electron chi connectivity index (χ1n) is 4.07. The molecule has 0 atom stereocenters. The molecule has 0 aliphatic carbocycles. The third kappa shape index (κ3) is 2.80. The van der Waals surface area contributed by atoms with E-state index in [1.165, 1.54) is 6.07 Å². The van der Waals surface area contributed by atoms with E-state index in [9.17, 15) is 5.11 Å². The summed E-state index contributed by atoms with van der Waals surface area (Å²) in [5.74, 6) is 0.163. The van der Waals surface area contributed by atoms with Crippen LogP contribution in [0.2, 0.25) is 0 Å². The lowest BCUT2D eigenvalue weighted by Gasteiger charge is -1.99. The minimum atomic E-state index is 0.0725. The summed E-state index contributed by atoms with van der Waals surface area (Å²) in [6.45, 7) is 0.750. The van der Waals surface area contributed by atoms with E-state index in [4.69, 9.17) is 5.11 Å². The largest absolute Gasteiger partial charge is 0.508 e. The van der Waals surface area contributed by atoms with E-state index >= 15 is 0 Å². The standard InChI is InChI=1S/C10H13NO2/c1-11-6-2-3-8-4-5-9(12)7-10(8)13/h2-5,7,11-13H,6H2,1H3. The molecule has 0 fully saturated rings. The summed E-state index contributed by atoms with van der Waals surface area (Å²) in [5, 5.41) is 21.3. The molecule has 0 saturated carbocycles. The van der Waals surface area contributed by atoms with Crippen LogP contribution >= 0.6 is 0 Å². The van der Waals surface area contributed by atoms with Gasteiger partial charge >= 0.3 is 0 Å². The van der Waals surface area contributed by atoms with Gasteiger partial charge < -0.3 is 15.5 Å². The van der Waals surface area contributed by atoms with Gasteiger partial charge in [0.15, 0.2) is 0 Å². The second-order valence-electron chi connectivity index (χ2n) is 2.70. The second kappa shape index (κ2) is 4.52. The fourth-order valence-corrected chi connectivity index (χ4v) is 0.977. The van der Waals surface area contributed by atoms with Crippen LogP contribution in [0.25, 0.3) is 6.08 Å². The number of hydrogen-bond acceptors (Lipinski definition) is 3. The molecule has 1 rings (SSSR count). The maximum atomic E-state index is 9.36. The van der Waals surface area contributed by atoms with Crippen molar-refractivity contribution in [2.24, 2.45) is 0 Å². The molecule has 3 heteroatoms. The minimum Gasteiger partial charge on any atom is -0.508 e. The van der Waals surface area contributed by atoms with Crippen molar-refractivity contribution in [3.05, 3.63) is 29.8 Å². The molecule has 0 unspecified atom stereocenters. The van der Waals surface area contributed by atoms with E-state index < -0.39 is 0 Å². The van der Waals surface area contributed by atoms with Crippen LogP contribution in [0.1, 0.15) is 5.56 Å². The van der Waals surface area contributed by atoms with Crippen LogP contribution in [0.4, 0.5) is 0 Å². The molecule has 3 N–H and O–H groups in total. The van der Waals surface area contributed by atoms with Gasteiger partial charge in [-0.05, 0) is 19.2 Å². The second-order valence-corrected chi connectivity index (χ2v) is 2.70. The Hall–Kier alpha value is -1.48. The monoisotopic (exact) mass is 179 g/mol. The number of rotatable bonds is 3. The van der Waals surface area contributed by atoms with Gasteiger partial charge in [0.2, 0.25) is 0 Å². The Morgan fingerprint density at radius 2 is 2.15 bits per heavy atom. The quantitative estimate of drug-likeness (QED) is 0.656. The fraction of sp³-hybridized carbons (Fsp3) is 0.200. The highest BCUT2D eigenvalue weighted by Crippen LogP contribution is 2.23. The summed E-state index contributed by atoms with van der Waals surface area (Å²) >= 11 is 0. The minimum absolute atomic E-state index is 0.0725. The molecule has 1 aromatic carbocycles. The summed E-state index contributed by atoms with van der Waals surface area (Å²) in [6.07, 6.45) is 3.69. The van der Waals surface area contributed by atoms with Crippen LogP contribution in [0.3, 0.4) is 0 Å². The molecule has 1 aromatic rings. The summed E-state index contributed by atoms with van der Waals surface area (Å²) in [4.78, 5) is 0. The molecule has 0 radical (unpaired) electrons. The molecule has 0 saturated heterocycles. The van der Waals surface area contributed by atoms with Crippen LogP contribution in [-0.4, -0.2) is 23.8 Å². The number of phenols is 2. The molecule has 70 valence electrons. The van der Waals surface area contributed by atoms with Gasteiger partial charge in [-0.25, -0.2) is 0 Å². The van der Waals surface area contributed by atoms with E-state index in [1.807, 2.05) is 13.1 Å². The Morgan fingerprint density at radius 3 is 2.77 bits per heavy atom. The molecule has 3 nitrogen and oxygen atoms in total. The van der Waals surface area contributed by atoms with Gasteiger partial charge in [-0.15, -0.1) is 0 Å². The van der Waals surface area contributed by atoms with Gasteiger partial charge in [0.1, 0.15) is 11.5 Å². The van der Waals surface area contributed by atoms with Crippen molar-refractivity contribution >= 4 is 6.08 Å². The molecule has 0 aliphatic heterocycles. The fourth-order valence-electron chi connectivity index (χ4n) is 0.977. The normalized spacial score (nSPS) is 10.8. The molecule has 0 bridgehead atoms. The van der Waals surface area contributed by atoms with Gasteiger partial charge in [-0.3, -0.25) is 0 Å². The molecule has 0 heterocycles. The van der Waals surface area contributed by atoms with E-state index in [1.54, 1.807) is 18.2 Å². The Labute approximate surface area is 77.3 Å². The van der Waals surface area contributed by atoms with Crippen LogP contribution in [-0.2, 0) is 0 Å². The smallest absolute Gasteiger partial charge is 0.126 e.